The number of pyridine rings is 1. The Bertz CT molecular complexity index is 1540. The zero-order valence-corrected chi connectivity index (χ0v) is 22.4. The third kappa shape index (κ3) is 5.84. The molecule has 2 aromatic heterocycles. The summed E-state index contributed by atoms with van der Waals surface area (Å²) in [5, 5.41) is 11.1. The van der Waals surface area contributed by atoms with E-state index in [0.717, 1.165) is 37.6 Å². The van der Waals surface area contributed by atoms with E-state index in [1.807, 2.05) is 6.92 Å². The van der Waals surface area contributed by atoms with Gasteiger partial charge in [-0.2, -0.15) is 13.2 Å². The molecule has 0 radical (unpaired) electrons. The molecule has 1 aliphatic heterocycles. The third-order valence-corrected chi connectivity index (χ3v) is 7.13. The molecule has 40 heavy (non-hydrogen) atoms. The van der Waals surface area contributed by atoms with Gasteiger partial charge in [0.15, 0.2) is 0 Å². The lowest BCUT2D eigenvalue weighted by molar-refractivity contribution is -0.138. The summed E-state index contributed by atoms with van der Waals surface area (Å²) in [7, 11) is 1.55. The van der Waals surface area contributed by atoms with Gasteiger partial charge in [-0.3, -0.25) is 14.7 Å². The Morgan fingerprint density at radius 2 is 1.85 bits per heavy atom. The fourth-order valence-corrected chi connectivity index (χ4v) is 4.87. The number of alkyl halides is 3. The van der Waals surface area contributed by atoms with Gasteiger partial charge in [-0.25, -0.2) is 4.68 Å². The number of hydrogen-bond donors (Lipinski definition) is 1. The molecule has 5 rings (SSSR count). The highest BCUT2D eigenvalue weighted by atomic mass is 19.4. The molecule has 1 aliphatic rings. The van der Waals surface area contributed by atoms with Gasteiger partial charge in [-0.1, -0.05) is 11.3 Å². The predicted octanol–water partition coefficient (Wildman–Crippen LogP) is 5.82. The van der Waals surface area contributed by atoms with Crippen molar-refractivity contribution in [2.24, 2.45) is 0 Å². The summed E-state index contributed by atoms with van der Waals surface area (Å²) < 4.78 is 48.4. The van der Waals surface area contributed by atoms with Crippen LogP contribution in [0, 0.1) is 13.8 Å². The van der Waals surface area contributed by atoms with E-state index in [4.69, 9.17) is 4.74 Å². The molecular formula is C29H29F3N6O2. The highest BCUT2D eigenvalue weighted by Gasteiger charge is 2.34. The number of nitrogens with one attached hydrogen (secondary N) is 1. The fourth-order valence-electron chi connectivity index (χ4n) is 4.87. The van der Waals surface area contributed by atoms with E-state index < -0.39 is 17.6 Å². The minimum absolute atomic E-state index is 0.104. The van der Waals surface area contributed by atoms with Crippen LogP contribution in [0.4, 0.5) is 18.9 Å². The Balaban J connectivity index is 1.42. The number of hydrogen-bond acceptors (Lipinski definition) is 6. The average molecular weight is 551 g/mol. The summed E-state index contributed by atoms with van der Waals surface area (Å²) in [6, 6.07) is 9.45. The SMILES string of the molecule is COc1cncc(-c2cn(-c3cc(C(=O)Nc4cc(CN5CCCC5)c(C)c(C(F)(F)F)c4)ccc3C)nn2)c1. The van der Waals surface area contributed by atoms with Crippen molar-refractivity contribution in [2.75, 3.05) is 25.5 Å². The van der Waals surface area contributed by atoms with Gasteiger partial charge < -0.3 is 10.1 Å². The van der Waals surface area contributed by atoms with E-state index in [1.54, 1.807) is 60.7 Å². The van der Waals surface area contributed by atoms with Crippen molar-refractivity contribution in [3.8, 4) is 22.7 Å². The van der Waals surface area contributed by atoms with Gasteiger partial charge in [0.05, 0.1) is 30.8 Å². The van der Waals surface area contributed by atoms with Crippen LogP contribution in [-0.4, -0.2) is 51.0 Å². The van der Waals surface area contributed by atoms with Crippen LogP contribution >= 0.6 is 0 Å². The number of aromatic nitrogens is 4. The Morgan fingerprint density at radius 1 is 1.07 bits per heavy atom. The number of carbonyl (C=O) groups excluding carboxylic acids is 1. The predicted molar refractivity (Wildman–Crippen MR) is 145 cm³/mol. The first kappa shape index (κ1) is 27.3. The molecule has 2 aromatic carbocycles. The number of carbonyl (C=O) groups is 1. The van der Waals surface area contributed by atoms with Gasteiger partial charge in [-0.15, -0.1) is 5.10 Å². The molecule has 1 amide bonds. The summed E-state index contributed by atoms with van der Waals surface area (Å²) in [4.78, 5) is 19.5. The summed E-state index contributed by atoms with van der Waals surface area (Å²) in [6.07, 6.45) is 2.46. The minimum Gasteiger partial charge on any atom is -0.495 e. The van der Waals surface area contributed by atoms with E-state index in [9.17, 15) is 18.0 Å². The second-order valence-electron chi connectivity index (χ2n) is 9.91. The van der Waals surface area contributed by atoms with Crippen LogP contribution in [-0.2, 0) is 12.7 Å². The fraction of sp³-hybridized carbons (Fsp3) is 0.310. The van der Waals surface area contributed by atoms with Gasteiger partial charge in [0, 0.05) is 29.6 Å². The van der Waals surface area contributed by atoms with Crippen LogP contribution in [0.1, 0.15) is 45.5 Å². The average Bonchev–Trinajstić information content (AvgIpc) is 3.63. The molecule has 0 unspecified atom stereocenters. The van der Waals surface area contributed by atoms with Crippen LogP contribution in [0.5, 0.6) is 5.75 Å². The summed E-state index contributed by atoms with van der Waals surface area (Å²) in [5.41, 5.74) is 3.08. The highest BCUT2D eigenvalue weighted by molar-refractivity contribution is 6.04. The summed E-state index contributed by atoms with van der Waals surface area (Å²) >= 11 is 0. The number of anilines is 1. The molecular weight excluding hydrogens is 521 g/mol. The van der Waals surface area contributed by atoms with Gasteiger partial charge in [0.1, 0.15) is 11.4 Å². The number of ether oxygens (including phenoxy) is 1. The number of aryl methyl sites for hydroxylation is 1. The molecule has 1 saturated heterocycles. The van der Waals surface area contributed by atoms with Crippen molar-refractivity contribution in [2.45, 2.75) is 39.4 Å². The smallest absolute Gasteiger partial charge is 0.416 e. The van der Waals surface area contributed by atoms with Crippen LogP contribution < -0.4 is 10.1 Å². The number of halogens is 3. The number of nitrogens with zero attached hydrogens (tertiary/aromatic N) is 5. The molecule has 1 fully saturated rings. The van der Waals surface area contributed by atoms with Gasteiger partial charge in [0.25, 0.3) is 5.91 Å². The Hall–Kier alpha value is -4.25. The Labute approximate surface area is 229 Å². The Kier molecular flexibility index (Phi) is 7.57. The van der Waals surface area contributed by atoms with Crippen molar-refractivity contribution in [3.05, 3.63) is 82.8 Å². The van der Waals surface area contributed by atoms with Gasteiger partial charge in [0.2, 0.25) is 0 Å². The number of benzene rings is 2. The van der Waals surface area contributed by atoms with E-state index in [0.29, 0.717) is 34.8 Å². The molecule has 0 bridgehead atoms. The zero-order chi connectivity index (χ0) is 28.4. The van der Waals surface area contributed by atoms with Crippen molar-refractivity contribution in [1.82, 2.24) is 24.9 Å². The van der Waals surface area contributed by atoms with Crippen LogP contribution in [0.2, 0.25) is 0 Å². The van der Waals surface area contributed by atoms with Crippen molar-refractivity contribution >= 4 is 11.6 Å². The number of likely N-dealkylation sites (tertiary alicyclic amines) is 1. The van der Waals surface area contributed by atoms with Gasteiger partial charge in [-0.05, 0) is 86.8 Å². The first-order valence-corrected chi connectivity index (χ1v) is 12.9. The third-order valence-electron chi connectivity index (χ3n) is 7.13. The number of rotatable bonds is 7. The van der Waals surface area contributed by atoms with Crippen molar-refractivity contribution < 1.29 is 22.7 Å². The molecule has 11 heteroatoms. The topological polar surface area (TPSA) is 85.2 Å². The van der Waals surface area contributed by atoms with E-state index >= 15 is 0 Å². The zero-order valence-electron chi connectivity index (χ0n) is 22.4. The normalized spacial score (nSPS) is 13.9. The lowest BCUT2D eigenvalue weighted by Gasteiger charge is -2.21. The Morgan fingerprint density at radius 3 is 2.58 bits per heavy atom. The lowest BCUT2D eigenvalue weighted by Crippen LogP contribution is -2.21. The molecule has 0 spiro atoms. The van der Waals surface area contributed by atoms with Gasteiger partial charge >= 0.3 is 6.18 Å². The first-order chi connectivity index (χ1) is 19.1. The standard InChI is InChI=1S/C29H29F3N6O2/c1-18-6-7-20(12-27(18)38-17-26(35-36-38)21-11-24(40-3)15-33-14-21)28(39)34-23-10-22(16-37-8-4-5-9-37)19(2)25(13-23)29(30,31)32/h6-7,10-15,17H,4-5,8-9,16H2,1-3H3,(H,34,39). The van der Waals surface area contributed by atoms with Crippen LogP contribution in [0.3, 0.4) is 0 Å². The highest BCUT2D eigenvalue weighted by Crippen LogP contribution is 2.36. The minimum atomic E-state index is -4.54. The number of methoxy groups -OCH3 is 1. The van der Waals surface area contributed by atoms with E-state index in [2.05, 4.69) is 25.5 Å². The van der Waals surface area contributed by atoms with Crippen LogP contribution in [0.15, 0.2) is 55.0 Å². The second-order valence-corrected chi connectivity index (χ2v) is 9.91. The maximum Gasteiger partial charge on any atom is 0.416 e. The maximum atomic E-state index is 13.9. The molecule has 4 aromatic rings. The quantitative estimate of drug-likeness (QED) is 0.312. The molecule has 1 N–H and O–H groups in total. The van der Waals surface area contributed by atoms with Crippen molar-refractivity contribution in [1.29, 1.82) is 0 Å². The lowest BCUT2D eigenvalue weighted by atomic mass is 9.99. The second kappa shape index (κ2) is 11.1. The van der Waals surface area contributed by atoms with E-state index in [-0.39, 0.29) is 16.8 Å². The molecule has 0 aliphatic carbocycles. The van der Waals surface area contributed by atoms with E-state index in [1.165, 1.54) is 6.92 Å². The first-order valence-electron chi connectivity index (χ1n) is 12.9. The van der Waals surface area contributed by atoms with Crippen LogP contribution in [0.25, 0.3) is 16.9 Å². The van der Waals surface area contributed by atoms with Crippen molar-refractivity contribution in [3.63, 3.8) is 0 Å². The molecule has 3 heterocycles. The largest absolute Gasteiger partial charge is 0.495 e. The molecule has 0 atom stereocenters. The molecule has 0 saturated carbocycles. The monoisotopic (exact) mass is 550 g/mol. The molecule has 208 valence electrons. The summed E-state index contributed by atoms with van der Waals surface area (Å²) in [6.45, 7) is 5.46. The number of amides is 1. The maximum absolute atomic E-state index is 13.9. The summed E-state index contributed by atoms with van der Waals surface area (Å²) in [5.74, 6) is 0.0537. The molecule has 8 nitrogen and oxygen atoms in total.